The topological polar surface area (TPSA) is 38.3 Å². The number of thioether (sulfide) groups is 1. The van der Waals surface area contributed by atoms with E-state index < -0.39 is 0 Å². The molecule has 0 bridgehead atoms. The summed E-state index contributed by atoms with van der Waals surface area (Å²) >= 11 is 1.92. The molecular formula is C14H25NO2S. The zero-order chi connectivity index (χ0) is 12.6. The first kappa shape index (κ1) is 14.2. The molecule has 18 heavy (non-hydrogen) atoms. The number of carbonyl (C=O) groups excluding carboxylic acids is 1. The fraction of sp³-hybridized carbons (Fsp3) is 0.929. The molecule has 0 aromatic rings. The minimum atomic E-state index is -0.0146. The molecule has 2 fully saturated rings. The van der Waals surface area contributed by atoms with E-state index in [1.165, 1.54) is 38.5 Å². The van der Waals surface area contributed by atoms with Gasteiger partial charge in [-0.3, -0.25) is 4.79 Å². The lowest BCUT2D eigenvalue weighted by Crippen LogP contribution is -2.39. The fourth-order valence-corrected chi connectivity index (χ4v) is 3.70. The normalized spacial score (nSPS) is 26.6. The third-order valence-electron chi connectivity index (χ3n) is 3.87. The van der Waals surface area contributed by atoms with E-state index >= 15 is 0 Å². The van der Waals surface area contributed by atoms with Crippen LogP contribution < -0.4 is 5.32 Å². The average Bonchev–Trinajstić information content (AvgIpc) is 2.66. The molecule has 4 heteroatoms. The molecule has 0 spiro atoms. The molecule has 2 aliphatic rings. The van der Waals surface area contributed by atoms with Gasteiger partial charge in [0.05, 0.1) is 13.0 Å². The summed E-state index contributed by atoms with van der Waals surface area (Å²) < 4.78 is 5.45. The number of nitrogens with one attached hydrogen (secondary N) is 1. The highest BCUT2D eigenvalue weighted by molar-refractivity contribution is 7.99. The second-order valence-corrected chi connectivity index (χ2v) is 6.62. The van der Waals surface area contributed by atoms with Crippen LogP contribution in [0.4, 0.5) is 0 Å². The van der Waals surface area contributed by atoms with E-state index in [9.17, 15) is 4.79 Å². The summed E-state index contributed by atoms with van der Waals surface area (Å²) in [6.45, 7) is 1.67. The van der Waals surface area contributed by atoms with Crippen molar-refractivity contribution in [2.75, 3.05) is 24.7 Å². The average molecular weight is 271 g/mol. The molecule has 2 rings (SSSR count). The first-order valence-corrected chi connectivity index (χ1v) is 8.47. The van der Waals surface area contributed by atoms with Gasteiger partial charge in [0.25, 0.3) is 0 Å². The van der Waals surface area contributed by atoms with Crippen molar-refractivity contribution in [3.8, 4) is 0 Å². The van der Waals surface area contributed by atoms with Gasteiger partial charge < -0.3 is 10.1 Å². The van der Waals surface area contributed by atoms with Gasteiger partial charge in [-0.2, -0.15) is 11.8 Å². The maximum atomic E-state index is 11.8. The Hall–Kier alpha value is -0.220. The molecule has 0 aromatic carbocycles. The smallest absolute Gasteiger partial charge is 0.307 e. The molecule has 1 atom stereocenters. The molecule has 1 saturated heterocycles. The molecule has 104 valence electrons. The number of hydrogen-bond acceptors (Lipinski definition) is 4. The third-order valence-corrected chi connectivity index (χ3v) is 5.00. The molecule has 0 amide bonds. The van der Waals surface area contributed by atoms with Gasteiger partial charge in [0.2, 0.25) is 0 Å². The van der Waals surface area contributed by atoms with Crippen LogP contribution in [0.2, 0.25) is 0 Å². The second-order valence-electron chi connectivity index (χ2n) is 5.47. The maximum absolute atomic E-state index is 11.8. The summed E-state index contributed by atoms with van der Waals surface area (Å²) in [7, 11) is 0. The molecule has 1 aliphatic carbocycles. The Bertz CT molecular complexity index is 246. The molecule has 1 saturated carbocycles. The van der Waals surface area contributed by atoms with Gasteiger partial charge in [0.15, 0.2) is 0 Å². The van der Waals surface area contributed by atoms with Crippen LogP contribution in [-0.2, 0) is 9.53 Å². The Balaban J connectivity index is 1.61. The summed E-state index contributed by atoms with van der Waals surface area (Å²) in [6.07, 6.45) is 8.35. The lowest BCUT2D eigenvalue weighted by molar-refractivity contribution is -0.145. The highest BCUT2D eigenvalue weighted by Crippen LogP contribution is 2.23. The summed E-state index contributed by atoms with van der Waals surface area (Å²) in [4.78, 5) is 11.8. The highest BCUT2D eigenvalue weighted by atomic mass is 32.2. The molecule has 0 aromatic heterocycles. The van der Waals surface area contributed by atoms with Crippen LogP contribution in [0.5, 0.6) is 0 Å². The second kappa shape index (κ2) is 8.05. The number of ether oxygens (including phenoxy) is 1. The van der Waals surface area contributed by atoms with E-state index in [0.717, 1.165) is 18.1 Å². The molecule has 1 unspecified atom stereocenters. The fourth-order valence-electron chi connectivity index (χ4n) is 2.75. The van der Waals surface area contributed by atoms with Crippen LogP contribution in [0, 0.1) is 5.92 Å². The zero-order valence-corrected chi connectivity index (χ0v) is 12.0. The Morgan fingerprint density at radius 1 is 1.22 bits per heavy atom. The van der Waals surface area contributed by atoms with E-state index in [1.807, 2.05) is 11.8 Å². The highest BCUT2D eigenvalue weighted by Gasteiger charge is 2.19. The van der Waals surface area contributed by atoms with Gasteiger partial charge >= 0.3 is 5.97 Å². The molecule has 1 N–H and O–H groups in total. The lowest BCUT2D eigenvalue weighted by atomic mass is 10.0. The number of hydrogen-bond donors (Lipinski definition) is 1. The number of esters is 1. The van der Waals surface area contributed by atoms with Crippen LogP contribution >= 0.6 is 11.8 Å². The number of rotatable bonds is 4. The van der Waals surface area contributed by atoms with Gasteiger partial charge in [0.1, 0.15) is 0 Å². The molecule has 1 aliphatic heterocycles. The summed E-state index contributed by atoms with van der Waals surface area (Å²) in [5.41, 5.74) is 0. The Morgan fingerprint density at radius 3 is 2.67 bits per heavy atom. The van der Waals surface area contributed by atoms with Crippen molar-refractivity contribution in [3.05, 3.63) is 0 Å². The lowest BCUT2D eigenvalue weighted by Gasteiger charge is -2.22. The minimum absolute atomic E-state index is 0.0146. The van der Waals surface area contributed by atoms with Gasteiger partial charge in [-0.1, -0.05) is 25.7 Å². The largest absolute Gasteiger partial charge is 0.465 e. The van der Waals surface area contributed by atoms with Crippen LogP contribution in [-0.4, -0.2) is 36.7 Å². The molecule has 3 nitrogen and oxygen atoms in total. The van der Waals surface area contributed by atoms with Crippen molar-refractivity contribution in [2.45, 2.75) is 51.0 Å². The molecule has 0 radical (unpaired) electrons. The standard InChI is InChI=1S/C14H25NO2S/c16-14(9-13-11-18-8-7-15-13)17-10-12-5-3-1-2-4-6-12/h12-13,15H,1-11H2. The van der Waals surface area contributed by atoms with Crippen molar-refractivity contribution in [2.24, 2.45) is 5.92 Å². The number of carbonyl (C=O) groups is 1. The maximum Gasteiger partial charge on any atom is 0.307 e. The Morgan fingerprint density at radius 2 is 2.00 bits per heavy atom. The van der Waals surface area contributed by atoms with Gasteiger partial charge in [0, 0.05) is 24.1 Å². The predicted octanol–water partition coefficient (Wildman–Crippen LogP) is 2.60. The predicted molar refractivity (Wildman–Crippen MR) is 75.9 cm³/mol. The van der Waals surface area contributed by atoms with Crippen LogP contribution in [0.25, 0.3) is 0 Å². The summed E-state index contributed by atoms with van der Waals surface area (Å²) in [5.74, 6) is 2.80. The first-order valence-electron chi connectivity index (χ1n) is 7.31. The third kappa shape index (κ3) is 5.19. The van der Waals surface area contributed by atoms with E-state index in [-0.39, 0.29) is 5.97 Å². The van der Waals surface area contributed by atoms with Gasteiger partial charge in [-0.25, -0.2) is 0 Å². The van der Waals surface area contributed by atoms with E-state index in [0.29, 0.717) is 25.0 Å². The summed E-state index contributed by atoms with van der Waals surface area (Å²) in [6, 6.07) is 0.324. The SMILES string of the molecule is O=C(CC1CSCCN1)OCC1CCCCCC1. The summed E-state index contributed by atoms with van der Waals surface area (Å²) in [5, 5.41) is 3.38. The zero-order valence-electron chi connectivity index (χ0n) is 11.2. The Kier molecular flexibility index (Phi) is 6.35. The molecular weight excluding hydrogens is 246 g/mol. The van der Waals surface area contributed by atoms with E-state index in [2.05, 4.69) is 5.32 Å². The van der Waals surface area contributed by atoms with Crippen molar-refractivity contribution < 1.29 is 9.53 Å². The van der Waals surface area contributed by atoms with E-state index in [4.69, 9.17) is 4.74 Å². The van der Waals surface area contributed by atoms with Crippen molar-refractivity contribution in [3.63, 3.8) is 0 Å². The van der Waals surface area contributed by atoms with Crippen LogP contribution in [0.1, 0.15) is 44.9 Å². The monoisotopic (exact) mass is 271 g/mol. The van der Waals surface area contributed by atoms with Crippen molar-refractivity contribution in [1.82, 2.24) is 5.32 Å². The van der Waals surface area contributed by atoms with Crippen molar-refractivity contribution >= 4 is 17.7 Å². The van der Waals surface area contributed by atoms with Gasteiger partial charge in [-0.05, 0) is 18.8 Å². The van der Waals surface area contributed by atoms with Crippen LogP contribution in [0.15, 0.2) is 0 Å². The quantitative estimate of drug-likeness (QED) is 0.630. The van der Waals surface area contributed by atoms with Crippen molar-refractivity contribution in [1.29, 1.82) is 0 Å². The van der Waals surface area contributed by atoms with Gasteiger partial charge in [-0.15, -0.1) is 0 Å². The first-order chi connectivity index (χ1) is 8.84. The van der Waals surface area contributed by atoms with E-state index in [1.54, 1.807) is 0 Å². The minimum Gasteiger partial charge on any atom is -0.465 e. The van der Waals surface area contributed by atoms with Crippen LogP contribution in [0.3, 0.4) is 0 Å². The Labute approximate surface area is 114 Å². The molecule has 1 heterocycles.